The second-order valence-corrected chi connectivity index (χ2v) is 24.6. The van der Waals surface area contributed by atoms with Crippen LogP contribution in [0.15, 0.2) is 78.3 Å². The number of aromatic nitrogens is 3. The van der Waals surface area contributed by atoms with Crippen molar-refractivity contribution < 1.29 is 53.1 Å². The predicted octanol–water partition coefficient (Wildman–Crippen LogP) is -0.709. The van der Waals surface area contributed by atoms with Crippen molar-refractivity contribution in [3.63, 3.8) is 0 Å². The van der Waals surface area contributed by atoms with Crippen LogP contribution in [0.2, 0.25) is 0 Å². The van der Waals surface area contributed by atoms with E-state index in [4.69, 9.17) is 17.2 Å². The number of H-pyrrole nitrogens is 2. The number of nitrogens with one attached hydrogen (secondary N) is 9. The number of nitrogens with zero attached hydrogens (tertiary/aromatic N) is 4. The molecule has 4 heterocycles. The van der Waals surface area contributed by atoms with E-state index in [0.29, 0.717) is 29.7 Å². The fraction of sp³-hybridized carbons (Fsp3) is 0.517. The number of benzene rings is 2. The van der Waals surface area contributed by atoms with E-state index >= 15 is 14.4 Å². The molecule has 0 aliphatic carbocycles. The number of amides is 10. The van der Waals surface area contributed by atoms with E-state index in [1.54, 1.807) is 43.5 Å². The van der Waals surface area contributed by atoms with Gasteiger partial charge < -0.3 is 79.3 Å². The first-order valence-corrected chi connectivity index (χ1v) is 31.5. The fourth-order valence-electron chi connectivity index (χ4n) is 10.4. The molecule has 0 saturated carbocycles. The average molecular weight is 1240 g/mol. The monoisotopic (exact) mass is 1240 g/mol. The van der Waals surface area contributed by atoms with Crippen molar-refractivity contribution in [1.29, 1.82) is 0 Å². The molecule has 2 aromatic heterocycles. The molecule has 87 heavy (non-hydrogen) atoms. The summed E-state index contributed by atoms with van der Waals surface area (Å²) in [7, 11) is 3.96. The lowest BCUT2D eigenvalue weighted by atomic mass is 9.97. The van der Waals surface area contributed by atoms with Gasteiger partial charge in [-0.2, -0.15) is 0 Å². The molecule has 2 aromatic carbocycles. The van der Waals surface area contributed by atoms with Crippen LogP contribution in [0.5, 0.6) is 0 Å². The summed E-state index contributed by atoms with van der Waals surface area (Å²) in [4.78, 5) is 160. The molecule has 27 nitrogen and oxygen atoms in total. The second-order valence-electron chi connectivity index (χ2n) is 21.9. The number of hydrogen-bond acceptors (Lipinski definition) is 15. The van der Waals surface area contributed by atoms with Crippen molar-refractivity contribution in [2.75, 3.05) is 31.6 Å². The summed E-state index contributed by atoms with van der Waals surface area (Å²) < 4.78 is 0. The SMILES string of the molecule is CC[C@H](C)[C@@H]1NC(=O)[C@@H]2CCCN2C(=O)[C@H](Cc2c[nH]c3ccccc23)NC(=O)[C@H](CCCN=C(N)N)N(C)C(=O)[C@H](Cc2ccccc2)NC(=O)[C@H](Cc2cnc[nH]2)NC(=O)[C@H]([C@@H](C)O)NC(=O)[C@H](NC(C)=O)CCSSCC[C@H](C(N)=O)NC1=O. The molecular formula is C58H82N16O11S2. The second kappa shape index (κ2) is 33.1. The number of rotatable bonds is 15. The zero-order valence-corrected chi connectivity index (χ0v) is 51.2. The number of imidazole rings is 1. The van der Waals surface area contributed by atoms with E-state index in [9.17, 15) is 38.7 Å². The largest absolute Gasteiger partial charge is 0.391 e. The molecule has 472 valence electrons. The Hall–Kier alpha value is -8.18. The molecule has 4 aromatic rings. The Bertz CT molecular complexity index is 3050. The molecule has 2 fully saturated rings. The summed E-state index contributed by atoms with van der Waals surface area (Å²) in [6.45, 7) is 6.19. The summed E-state index contributed by atoms with van der Waals surface area (Å²) in [6, 6.07) is 4.13. The maximum absolute atomic E-state index is 15.3. The van der Waals surface area contributed by atoms with Gasteiger partial charge in [0.05, 0.1) is 12.4 Å². The minimum atomic E-state index is -1.68. The summed E-state index contributed by atoms with van der Waals surface area (Å²) in [6.07, 6.45) is 3.74. The van der Waals surface area contributed by atoms with Crippen molar-refractivity contribution in [3.8, 4) is 0 Å². The molecule has 29 heteroatoms. The fourth-order valence-corrected chi connectivity index (χ4v) is 12.6. The van der Waals surface area contributed by atoms with E-state index in [1.165, 1.54) is 59.9 Å². The van der Waals surface area contributed by atoms with Crippen LogP contribution < -0.4 is 54.4 Å². The molecule has 0 bridgehead atoms. The molecule has 2 aliphatic heterocycles. The van der Waals surface area contributed by atoms with Gasteiger partial charge in [0.25, 0.3) is 0 Å². The Labute approximate surface area is 512 Å². The third-order valence-electron chi connectivity index (χ3n) is 15.4. The van der Waals surface area contributed by atoms with Crippen LogP contribution in [0.4, 0.5) is 0 Å². The van der Waals surface area contributed by atoms with Gasteiger partial charge in [0.1, 0.15) is 54.4 Å². The number of para-hydroxylation sites is 1. The van der Waals surface area contributed by atoms with Gasteiger partial charge in [0, 0.05) is 86.8 Å². The first-order chi connectivity index (χ1) is 41.6. The van der Waals surface area contributed by atoms with Crippen molar-refractivity contribution in [3.05, 3.63) is 90.1 Å². The van der Waals surface area contributed by atoms with E-state index in [1.807, 2.05) is 31.2 Å². The molecular weight excluding hydrogens is 1160 g/mol. The van der Waals surface area contributed by atoms with Crippen LogP contribution in [0.25, 0.3) is 10.9 Å². The van der Waals surface area contributed by atoms with Crippen LogP contribution in [0, 0.1) is 5.92 Å². The van der Waals surface area contributed by atoms with Gasteiger partial charge in [0.2, 0.25) is 59.1 Å². The molecule has 16 N–H and O–H groups in total. The maximum atomic E-state index is 15.3. The number of nitrogens with two attached hydrogens (primary N) is 3. The van der Waals surface area contributed by atoms with Crippen LogP contribution in [-0.2, 0) is 67.2 Å². The van der Waals surface area contributed by atoms with Crippen LogP contribution >= 0.6 is 21.6 Å². The van der Waals surface area contributed by atoms with Gasteiger partial charge in [-0.05, 0) is 68.6 Å². The molecule has 2 aliphatic rings. The molecule has 11 atom stereocenters. The minimum absolute atomic E-state index is 0.0349. The number of primary amides is 1. The number of fused-ring (bicyclic) bond motifs is 2. The standard InChI is InChI=1S/C58H82N16O11S2/c1-6-32(2)47-54(82)67-40(49(59)77)20-24-86-87-25-21-41(66-34(4)76)50(78)72-48(33(3)75)55(83)68-42(28-37-30-62-31-65-37)51(79)69-43(26-35-14-8-7-9-15-35)56(84)73(5)45(18-12-22-63-58(60)61)52(80)70-44(27-36-29-64-39-17-11-10-16-38(36)39)57(85)74-23-13-19-46(74)53(81)71-47/h7-11,14-17,29-33,40-48,64,75H,6,12-13,18-28H2,1-5H3,(H2,59,77)(H,62,65)(H,66,76)(H,67,82)(H,68,83)(H,69,79)(H,70,80)(H,71,81)(H,72,78)(H4,60,61,63)/t32-,33+,40+,41+,42-,43-,44-,45-,46-,47-,48-/m0/s1. The number of aliphatic hydroxyl groups is 1. The number of carbonyl (C=O) groups excluding carboxylic acids is 10. The summed E-state index contributed by atoms with van der Waals surface area (Å²) in [5.41, 5.74) is 19.6. The summed E-state index contributed by atoms with van der Waals surface area (Å²) >= 11 is 0. The molecule has 0 spiro atoms. The molecule has 0 unspecified atom stereocenters. The van der Waals surface area contributed by atoms with Gasteiger partial charge in [0.15, 0.2) is 5.96 Å². The quantitative estimate of drug-likeness (QED) is 0.0303. The Kier molecular flexibility index (Phi) is 25.8. The molecule has 0 radical (unpaired) electrons. The van der Waals surface area contributed by atoms with Crippen molar-refractivity contribution in [1.82, 2.24) is 62.0 Å². The highest BCUT2D eigenvalue weighted by Gasteiger charge is 2.42. The van der Waals surface area contributed by atoms with E-state index in [2.05, 4.69) is 57.2 Å². The Morgan fingerprint density at radius 1 is 0.747 bits per heavy atom. The molecule has 10 amide bonds. The van der Waals surface area contributed by atoms with Crippen molar-refractivity contribution >= 4 is 97.5 Å². The van der Waals surface area contributed by atoms with Crippen LogP contribution in [0.1, 0.15) is 89.5 Å². The van der Waals surface area contributed by atoms with Crippen molar-refractivity contribution in [2.24, 2.45) is 28.1 Å². The smallest absolute Gasteiger partial charge is 0.246 e. The highest BCUT2D eigenvalue weighted by atomic mass is 33.1. The molecule has 6 rings (SSSR count). The average Bonchev–Trinajstić information content (AvgIpc) is 2.89. The third kappa shape index (κ3) is 19.7. The zero-order chi connectivity index (χ0) is 63.3. The highest BCUT2D eigenvalue weighted by molar-refractivity contribution is 8.76. The summed E-state index contributed by atoms with van der Waals surface area (Å²) in [5.74, 6) is -7.71. The number of aliphatic imine (C=N–C) groups is 1. The Morgan fingerprint density at radius 2 is 1.40 bits per heavy atom. The van der Waals surface area contributed by atoms with Crippen LogP contribution in [0.3, 0.4) is 0 Å². The Balaban J connectivity index is 1.43. The van der Waals surface area contributed by atoms with Crippen LogP contribution in [-0.4, -0.2) is 187 Å². The Morgan fingerprint density at radius 3 is 2.07 bits per heavy atom. The van der Waals surface area contributed by atoms with Gasteiger partial charge in [-0.3, -0.25) is 52.9 Å². The normalized spacial score (nSPS) is 24.8. The van der Waals surface area contributed by atoms with Gasteiger partial charge in [-0.15, -0.1) is 0 Å². The molecule has 2 saturated heterocycles. The first kappa shape index (κ1) is 67.9. The first-order valence-electron chi connectivity index (χ1n) is 29.1. The number of aromatic amines is 2. The van der Waals surface area contributed by atoms with Crippen molar-refractivity contribution in [2.45, 2.75) is 152 Å². The lowest BCUT2D eigenvalue weighted by molar-refractivity contribution is -0.145. The third-order valence-corrected chi connectivity index (χ3v) is 17.9. The number of likely N-dealkylation sites (N-methyl/N-ethyl adjacent to an activating group) is 1. The topological polar surface area (TPSA) is 417 Å². The number of guanidine groups is 1. The highest BCUT2D eigenvalue weighted by Crippen LogP contribution is 2.26. The number of carbonyl (C=O) groups is 10. The lowest BCUT2D eigenvalue weighted by Gasteiger charge is -2.34. The maximum Gasteiger partial charge on any atom is 0.246 e. The van der Waals surface area contributed by atoms with E-state index in [-0.39, 0.29) is 81.9 Å². The predicted molar refractivity (Wildman–Crippen MR) is 329 cm³/mol. The van der Waals surface area contributed by atoms with E-state index in [0.717, 1.165) is 15.8 Å². The lowest BCUT2D eigenvalue weighted by Crippen LogP contribution is -2.62. The van der Waals surface area contributed by atoms with Gasteiger partial charge in [-0.25, -0.2) is 4.98 Å². The minimum Gasteiger partial charge on any atom is -0.391 e. The van der Waals surface area contributed by atoms with E-state index < -0.39 is 125 Å². The number of aliphatic hydroxyl groups excluding tert-OH is 1. The van der Waals surface area contributed by atoms with Gasteiger partial charge >= 0.3 is 0 Å². The number of hydrogen-bond donors (Lipinski definition) is 13. The van der Waals surface area contributed by atoms with Gasteiger partial charge in [-0.1, -0.05) is 90.4 Å². The summed E-state index contributed by atoms with van der Waals surface area (Å²) in [5, 5.41) is 30.8. The zero-order valence-electron chi connectivity index (χ0n) is 49.5.